The quantitative estimate of drug-likeness (QED) is 0.278. The molecule has 0 unspecified atom stereocenters. The van der Waals surface area contributed by atoms with Crippen LogP contribution in [-0.4, -0.2) is 18.5 Å². The Hall–Kier alpha value is -1.58. The zero-order valence-electron chi connectivity index (χ0n) is 6.16. The molecule has 0 saturated carbocycles. The van der Waals surface area contributed by atoms with E-state index in [1.807, 2.05) is 6.08 Å². The molecule has 1 rings (SSSR count). The van der Waals surface area contributed by atoms with Gasteiger partial charge in [-0.2, -0.15) is 5.10 Å². The van der Waals surface area contributed by atoms with Crippen LogP contribution in [0.3, 0.4) is 0 Å². The fourth-order valence-electron chi connectivity index (χ4n) is 0.778. The van der Waals surface area contributed by atoms with E-state index in [2.05, 4.69) is 10.5 Å². The topological polar surface area (TPSA) is 61.4 Å². The van der Waals surface area contributed by atoms with E-state index < -0.39 is 0 Å². The summed E-state index contributed by atoms with van der Waals surface area (Å²) >= 11 is 0. The molecule has 0 saturated heterocycles. The molecule has 1 aliphatic rings. The maximum atomic E-state index is 10.3. The SMILES string of the molecule is CN/N=C1/C=CC=C/C1=[NH+]\[O-]. The fraction of sp³-hybridized carbons (Fsp3) is 0.143. The Balaban J connectivity index is 2.88. The van der Waals surface area contributed by atoms with Gasteiger partial charge in [0, 0.05) is 13.1 Å². The summed E-state index contributed by atoms with van der Waals surface area (Å²) in [6, 6.07) is 0. The van der Waals surface area contributed by atoms with Gasteiger partial charge in [0.25, 0.3) is 0 Å². The minimum Gasteiger partial charge on any atom is -0.625 e. The molecule has 0 radical (unpaired) electrons. The molecule has 0 heterocycles. The molecule has 0 atom stereocenters. The molecule has 0 spiro atoms. The average molecular weight is 151 g/mol. The molecular weight excluding hydrogens is 142 g/mol. The molecule has 0 aromatic rings. The van der Waals surface area contributed by atoms with Crippen LogP contribution in [0.15, 0.2) is 29.4 Å². The van der Waals surface area contributed by atoms with E-state index in [1.54, 1.807) is 30.4 Å². The number of nitrogens with zero attached hydrogens (tertiary/aromatic N) is 1. The van der Waals surface area contributed by atoms with Crippen LogP contribution in [0.5, 0.6) is 0 Å². The molecule has 11 heavy (non-hydrogen) atoms. The molecule has 0 aromatic carbocycles. The maximum absolute atomic E-state index is 10.3. The summed E-state index contributed by atoms with van der Waals surface area (Å²) in [6.07, 6.45) is 7.01. The molecule has 0 aliphatic heterocycles. The van der Waals surface area contributed by atoms with E-state index in [-0.39, 0.29) is 0 Å². The minimum absolute atomic E-state index is 0.474. The smallest absolute Gasteiger partial charge is 0.236 e. The van der Waals surface area contributed by atoms with Crippen molar-refractivity contribution in [2.45, 2.75) is 0 Å². The van der Waals surface area contributed by atoms with Gasteiger partial charge >= 0.3 is 0 Å². The highest BCUT2D eigenvalue weighted by molar-refractivity contribution is 6.48. The van der Waals surface area contributed by atoms with Gasteiger partial charge in [-0.15, -0.1) is 0 Å². The van der Waals surface area contributed by atoms with Gasteiger partial charge in [-0.05, 0) is 6.08 Å². The highest BCUT2D eigenvalue weighted by Crippen LogP contribution is 1.92. The first-order valence-electron chi connectivity index (χ1n) is 3.23. The normalized spacial score (nSPS) is 23.0. The Kier molecular flexibility index (Phi) is 2.43. The summed E-state index contributed by atoms with van der Waals surface area (Å²) in [5, 5.41) is 16.0. The monoisotopic (exact) mass is 151 g/mol. The van der Waals surface area contributed by atoms with Crippen LogP contribution in [0.4, 0.5) is 0 Å². The fourth-order valence-corrected chi connectivity index (χ4v) is 0.778. The Bertz CT molecular complexity index is 250. The van der Waals surface area contributed by atoms with E-state index in [0.717, 1.165) is 0 Å². The summed E-state index contributed by atoms with van der Waals surface area (Å²) in [5.41, 5.74) is 3.69. The lowest BCUT2D eigenvalue weighted by molar-refractivity contribution is -0.369. The van der Waals surface area contributed by atoms with Crippen molar-refractivity contribution in [3.05, 3.63) is 29.5 Å². The Morgan fingerprint density at radius 3 is 2.82 bits per heavy atom. The van der Waals surface area contributed by atoms with Gasteiger partial charge in [-0.1, -0.05) is 12.2 Å². The molecule has 0 bridgehead atoms. The van der Waals surface area contributed by atoms with Crippen molar-refractivity contribution in [1.82, 2.24) is 5.43 Å². The van der Waals surface area contributed by atoms with Gasteiger partial charge in [0.1, 0.15) is 0 Å². The lowest BCUT2D eigenvalue weighted by atomic mass is 10.1. The van der Waals surface area contributed by atoms with Crippen LogP contribution in [0.1, 0.15) is 0 Å². The zero-order valence-corrected chi connectivity index (χ0v) is 6.16. The number of rotatable bonds is 1. The number of hydrazone groups is 1. The molecule has 0 aromatic heterocycles. The van der Waals surface area contributed by atoms with Crippen LogP contribution in [0.2, 0.25) is 0 Å². The molecule has 1 aliphatic carbocycles. The number of hydrogen-bond donors (Lipinski definition) is 2. The average Bonchev–Trinajstić information content (AvgIpc) is 2.06. The zero-order chi connectivity index (χ0) is 8.10. The van der Waals surface area contributed by atoms with E-state index in [1.165, 1.54) is 0 Å². The first kappa shape index (κ1) is 7.53. The summed E-state index contributed by atoms with van der Waals surface area (Å²) in [6.45, 7) is 0. The maximum Gasteiger partial charge on any atom is 0.236 e. The third kappa shape index (κ3) is 1.67. The van der Waals surface area contributed by atoms with Gasteiger partial charge in [0.05, 0.1) is 0 Å². The molecule has 0 fully saturated rings. The van der Waals surface area contributed by atoms with Crippen LogP contribution in [-0.2, 0) is 0 Å². The molecule has 0 amide bonds. The highest BCUT2D eigenvalue weighted by atomic mass is 16.4. The van der Waals surface area contributed by atoms with Crippen molar-refractivity contribution in [1.29, 1.82) is 0 Å². The second-order valence-electron chi connectivity index (χ2n) is 1.95. The Labute approximate surface area is 64.6 Å². The number of allylic oxidation sites excluding steroid dienone is 4. The third-order valence-corrected chi connectivity index (χ3v) is 1.25. The Morgan fingerprint density at radius 1 is 1.45 bits per heavy atom. The van der Waals surface area contributed by atoms with Gasteiger partial charge in [0.15, 0.2) is 5.71 Å². The number of hydrogen-bond acceptors (Lipinski definition) is 3. The van der Waals surface area contributed by atoms with Crippen LogP contribution >= 0.6 is 0 Å². The van der Waals surface area contributed by atoms with Crippen molar-refractivity contribution in [3.8, 4) is 0 Å². The lowest BCUT2D eigenvalue weighted by Crippen LogP contribution is -2.67. The highest BCUT2D eigenvalue weighted by Gasteiger charge is 2.08. The predicted molar refractivity (Wildman–Crippen MR) is 44.1 cm³/mol. The van der Waals surface area contributed by atoms with E-state index in [4.69, 9.17) is 0 Å². The van der Waals surface area contributed by atoms with Crippen molar-refractivity contribution in [2.75, 3.05) is 7.05 Å². The molecule has 4 nitrogen and oxygen atoms in total. The predicted octanol–water partition coefficient (Wildman–Crippen LogP) is -1.29. The van der Waals surface area contributed by atoms with Crippen molar-refractivity contribution in [3.63, 3.8) is 0 Å². The van der Waals surface area contributed by atoms with Crippen LogP contribution in [0, 0.1) is 5.21 Å². The molecule has 58 valence electrons. The molecule has 4 heteroatoms. The lowest BCUT2D eigenvalue weighted by Gasteiger charge is -1.99. The number of nitrogens with one attached hydrogen (secondary N) is 2. The minimum atomic E-state index is 0.474. The van der Waals surface area contributed by atoms with Crippen LogP contribution in [0.25, 0.3) is 0 Å². The van der Waals surface area contributed by atoms with E-state index in [9.17, 15) is 5.21 Å². The van der Waals surface area contributed by atoms with Crippen LogP contribution < -0.4 is 10.6 Å². The summed E-state index contributed by atoms with van der Waals surface area (Å²) < 4.78 is 0. The van der Waals surface area contributed by atoms with E-state index >= 15 is 0 Å². The van der Waals surface area contributed by atoms with Gasteiger partial charge in [-0.25, -0.2) is 5.16 Å². The standard InChI is InChI=1S/C7H9N3O/c1-8-9-6-4-2-3-5-7(6)10-11/h2-5,8,10H,1H3/b9-6-,10-7+. The van der Waals surface area contributed by atoms with Crippen molar-refractivity contribution in [2.24, 2.45) is 5.10 Å². The summed E-state index contributed by atoms with van der Waals surface area (Å²) in [4.78, 5) is 0. The first-order chi connectivity index (χ1) is 5.38. The van der Waals surface area contributed by atoms with Gasteiger partial charge in [0.2, 0.25) is 5.71 Å². The van der Waals surface area contributed by atoms with Crippen molar-refractivity contribution < 1.29 is 5.16 Å². The second kappa shape index (κ2) is 3.55. The Morgan fingerprint density at radius 2 is 2.18 bits per heavy atom. The third-order valence-electron chi connectivity index (χ3n) is 1.25. The molecular formula is C7H9N3O. The summed E-state index contributed by atoms with van der Waals surface area (Å²) in [7, 11) is 1.68. The van der Waals surface area contributed by atoms with Gasteiger partial charge in [-0.3, -0.25) is 0 Å². The van der Waals surface area contributed by atoms with Gasteiger partial charge < -0.3 is 10.6 Å². The second-order valence-corrected chi connectivity index (χ2v) is 1.95. The van der Waals surface area contributed by atoms with E-state index in [0.29, 0.717) is 11.4 Å². The van der Waals surface area contributed by atoms with Crippen molar-refractivity contribution >= 4 is 11.4 Å². The largest absolute Gasteiger partial charge is 0.625 e. The summed E-state index contributed by atoms with van der Waals surface area (Å²) in [5.74, 6) is 0. The first-order valence-corrected chi connectivity index (χ1v) is 3.23. The molecule has 2 N–H and O–H groups in total.